The largest absolute Gasteiger partial charge is 0.444 e. The maximum atomic E-state index is 12.6. The molecule has 1 unspecified atom stereocenters. The molecular formula is C19H27N5O3. The molecule has 1 atom stereocenters. The maximum Gasteiger partial charge on any atom is 0.408 e. The van der Waals surface area contributed by atoms with Crippen molar-refractivity contribution in [2.75, 3.05) is 0 Å². The molecule has 1 heterocycles. The minimum absolute atomic E-state index is 0.107. The van der Waals surface area contributed by atoms with E-state index in [9.17, 15) is 9.59 Å². The van der Waals surface area contributed by atoms with Crippen molar-refractivity contribution in [3.05, 3.63) is 42.5 Å². The lowest BCUT2D eigenvalue weighted by molar-refractivity contribution is -0.124. The van der Waals surface area contributed by atoms with Crippen molar-refractivity contribution >= 4 is 12.0 Å². The van der Waals surface area contributed by atoms with E-state index in [-0.39, 0.29) is 18.4 Å². The topological polar surface area (TPSA) is 98.1 Å². The number of alkyl carbamates (subject to hydrolysis) is 1. The highest BCUT2D eigenvalue weighted by molar-refractivity contribution is 5.85. The van der Waals surface area contributed by atoms with Crippen LogP contribution >= 0.6 is 0 Å². The molecule has 0 aliphatic rings. The molecule has 1 aromatic carbocycles. The van der Waals surface area contributed by atoms with E-state index in [1.165, 1.54) is 0 Å². The molecule has 0 spiro atoms. The molecular weight excluding hydrogens is 346 g/mol. The Morgan fingerprint density at radius 2 is 1.85 bits per heavy atom. The summed E-state index contributed by atoms with van der Waals surface area (Å²) < 4.78 is 7.04. The minimum atomic E-state index is -0.715. The highest BCUT2D eigenvalue weighted by Crippen LogP contribution is 2.10. The first-order chi connectivity index (χ1) is 12.7. The van der Waals surface area contributed by atoms with Crippen LogP contribution in [0.4, 0.5) is 4.79 Å². The summed E-state index contributed by atoms with van der Waals surface area (Å²) in [7, 11) is 0. The van der Waals surface area contributed by atoms with Crippen molar-refractivity contribution in [2.24, 2.45) is 5.92 Å². The molecule has 0 saturated carbocycles. The van der Waals surface area contributed by atoms with Crippen LogP contribution in [0.2, 0.25) is 0 Å². The minimum Gasteiger partial charge on any atom is -0.444 e. The lowest BCUT2D eigenvalue weighted by atomic mass is 10.0. The molecule has 0 fully saturated rings. The van der Waals surface area contributed by atoms with Gasteiger partial charge in [0.15, 0.2) is 5.82 Å². The maximum absolute atomic E-state index is 12.6. The lowest BCUT2D eigenvalue weighted by Crippen LogP contribution is -2.50. The molecule has 0 aliphatic heterocycles. The predicted molar refractivity (Wildman–Crippen MR) is 101 cm³/mol. The van der Waals surface area contributed by atoms with E-state index in [0.29, 0.717) is 5.82 Å². The van der Waals surface area contributed by atoms with Crippen LogP contribution in [0.25, 0.3) is 5.69 Å². The average molecular weight is 373 g/mol. The second-order valence-electron chi connectivity index (χ2n) is 7.54. The van der Waals surface area contributed by atoms with Crippen LogP contribution in [0, 0.1) is 5.92 Å². The Morgan fingerprint density at radius 1 is 1.19 bits per heavy atom. The number of nitrogens with one attached hydrogen (secondary N) is 2. The van der Waals surface area contributed by atoms with Gasteiger partial charge in [-0.05, 0) is 38.8 Å². The molecule has 0 aliphatic carbocycles. The van der Waals surface area contributed by atoms with Gasteiger partial charge in [0.1, 0.15) is 18.0 Å². The summed E-state index contributed by atoms with van der Waals surface area (Å²) in [4.78, 5) is 24.6. The first kappa shape index (κ1) is 20.4. The number of nitrogens with zero attached hydrogens (tertiary/aromatic N) is 3. The SMILES string of the molecule is CC(C)C(NC(=O)OC(C)(C)C)C(=O)NCc1nncn1-c1ccccc1. The van der Waals surface area contributed by atoms with Gasteiger partial charge < -0.3 is 15.4 Å². The number of ether oxygens (including phenoxy) is 1. The van der Waals surface area contributed by atoms with Crippen molar-refractivity contribution in [3.63, 3.8) is 0 Å². The summed E-state index contributed by atoms with van der Waals surface area (Å²) in [6, 6.07) is 8.89. The van der Waals surface area contributed by atoms with Gasteiger partial charge in [0.2, 0.25) is 5.91 Å². The van der Waals surface area contributed by atoms with Gasteiger partial charge in [-0.1, -0.05) is 32.0 Å². The molecule has 146 valence electrons. The average Bonchev–Trinajstić information content (AvgIpc) is 3.05. The zero-order chi connectivity index (χ0) is 20.0. The number of benzene rings is 1. The fourth-order valence-electron chi connectivity index (χ4n) is 2.43. The summed E-state index contributed by atoms with van der Waals surface area (Å²) in [6.45, 7) is 9.21. The molecule has 0 saturated heterocycles. The van der Waals surface area contributed by atoms with Crippen LogP contribution in [0.3, 0.4) is 0 Å². The molecule has 1 aromatic heterocycles. The van der Waals surface area contributed by atoms with E-state index in [0.717, 1.165) is 5.69 Å². The lowest BCUT2D eigenvalue weighted by Gasteiger charge is -2.25. The summed E-state index contributed by atoms with van der Waals surface area (Å²) >= 11 is 0. The van der Waals surface area contributed by atoms with Gasteiger partial charge in [-0.3, -0.25) is 9.36 Å². The summed E-state index contributed by atoms with van der Waals surface area (Å²) in [6.07, 6.45) is 0.971. The first-order valence-electron chi connectivity index (χ1n) is 8.89. The van der Waals surface area contributed by atoms with Gasteiger partial charge >= 0.3 is 6.09 Å². The number of amides is 2. The summed E-state index contributed by atoms with van der Waals surface area (Å²) in [5.41, 5.74) is 0.271. The Morgan fingerprint density at radius 3 is 2.44 bits per heavy atom. The van der Waals surface area contributed by atoms with Crippen molar-refractivity contribution < 1.29 is 14.3 Å². The molecule has 2 aromatic rings. The number of aromatic nitrogens is 3. The smallest absolute Gasteiger partial charge is 0.408 e. The molecule has 2 N–H and O–H groups in total. The van der Waals surface area contributed by atoms with E-state index in [1.54, 1.807) is 31.7 Å². The molecule has 2 rings (SSSR count). The highest BCUT2D eigenvalue weighted by atomic mass is 16.6. The number of hydrogen-bond donors (Lipinski definition) is 2. The zero-order valence-electron chi connectivity index (χ0n) is 16.4. The van der Waals surface area contributed by atoms with Crippen LogP contribution < -0.4 is 10.6 Å². The van der Waals surface area contributed by atoms with E-state index in [1.807, 2.05) is 44.2 Å². The third-order valence-corrected chi connectivity index (χ3v) is 3.69. The van der Waals surface area contributed by atoms with Crippen molar-refractivity contribution in [3.8, 4) is 5.69 Å². The van der Waals surface area contributed by atoms with Gasteiger partial charge in [-0.2, -0.15) is 0 Å². The first-order valence-corrected chi connectivity index (χ1v) is 8.89. The van der Waals surface area contributed by atoms with E-state index >= 15 is 0 Å². The summed E-state index contributed by atoms with van der Waals surface area (Å²) in [5, 5.41) is 13.4. The van der Waals surface area contributed by atoms with Crippen molar-refractivity contribution in [1.29, 1.82) is 0 Å². The van der Waals surface area contributed by atoms with Gasteiger partial charge in [-0.15, -0.1) is 10.2 Å². The molecule has 8 heteroatoms. The monoisotopic (exact) mass is 373 g/mol. The van der Waals surface area contributed by atoms with Gasteiger partial charge in [0.05, 0.1) is 6.54 Å². The fraction of sp³-hybridized carbons (Fsp3) is 0.474. The van der Waals surface area contributed by atoms with Crippen molar-refractivity contribution in [2.45, 2.75) is 52.8 Å². The van der Waals surface area contributed by atoms with Crippen molar-refractivity contribution in [1.82, 2.24) is 25.4 Å². The van der Waals surface area contributed by atoms with Crippen LogP contribution in [0.5, 0.6) is 0 Å². The molecule has 8 nitrogen and oxygen atoms in total. The molecule has 27 heavy (non-hydrogen) atoms. The van der Waals surface area contributed by atoms with Crippen LogP contribution in [-0.2, 0) is 16.1 Å². The van der Waals surface area contributed by atoms with Crippen LogP contribution in [0.1, 0.15) is 40.4 Å². The molecule has 0 radical (unpaired) electrons. The van der Waals surface area contributed by atoms with Gasteiger partial charge in [0.25, 0.3) is 0 Å². The predicted octanol–water partition coefficient (Wildman–Crippen LogP) is 2.43. The third-order valence-electron chi connectivity index (χ3n) is 3.69. The number of hydrogen-bond acceptors (Lipinski definition) is 5. The Balaban J connectivity index is 2.01. The Bertz CT molecular complexity index is 765. The molecule has 2 amide bonds. The number of carbonyl (C=O) groups excluding carboxylic acids is 2. The van der Waals surface area contributed by atoms with Crippen LogP contribution in [0.15, 0.2) is 36.7 Å². The Hall–Kier alpha value is -2.90. The third kappa shape index (κ3) is 6.09. The van der Waals surface area contributed by atoms with Gasteiger partial charge in [-0.25, -0.2) is 4.79 Å². The van der Waals surface area contributed by atoms with E-state index in [4.69, 9.17) is 4.74 Å². The van der Waals surface area contributed by atoms with E-state index < -0.39 is 17.7 Å². The second-order valence-corrected chi connectivity index (χ2v) is 7.54. The number of para-hydroxylation sites is 1. The van der Waals surface area contributed by atoms with E-state index in [2.05, 4.69) is 20.8 Å². The quantitative estimate of drug-likeness (QED) is 0.810. The Labute approximate surface area is 159 Å². The fourth-order valence-corrected chi connectivity index (χ4v) is 2.43. The number of carbonyl (C=O) groups is 2. The van der Waals surface area contributed by atoms with Gasteiger partial charge in [0, 0.05) is 5.69 Å². The molecule has 0 bridgehead atoms. The summed E-state index contributed by atoms with van der Waals surface area (Å²) in [5.74, 6) is 0.178. The van der Waals surface area contributed by atoms with Crippen LogP contribution in [-0.4, -0.2) is 38.4 Å². The number of rotatable bonds is 6. The standard InChI is InChI=1S/C19H27N5O3/c1-13(2)16(22-18(26)27-19(3,4)5)17(25)20-11-15-23-21-12-24(15)14-9-7-6-8-10-14/h6-10,12-13,16H,11H2,1-5H3,(H,20,25)(H,22,26). The normalized spacial score (nSPS) is 12.5. The highest BCUT2D eigenvalue weighted by Gasteiger charge is 2.27. The zero-order valence-corrected chi connectivity index (χ0v) is 16.4. The Kier molecular flexibility index (Phi) is 6.55. The second kappa shape index (κ2) is 8.66.